The number of rotatable bonds is 2. The number of halogens is 1. The van der Waals surface area contributed by atoms with Crippen molar-refractivity contribution in [2.24, 2.45) is 5.41 Å². The van der Waals surface area contributed by atoms with Crippen LogP contribution in [0.3, 0.4) is 0 Å². The van der Waals surface area contributed by atoms with Crippen molar-refractivity contribution in [3.8, 4) is 0 Å². The van der Waals surface area contributed by atoms with Gasteiger partial charge in [-0.2, -0.15) is 0 Å². The zero-order valence-electron chi connectivity index (χ0n) is 10.4. The van der Waals surface area contributed by atoms with Gasteiger partial charge < -0.3 is 5.11 Å². The van der Waals surface area contributed by atoms with Gasteiger partial charge in [-0.25, -0.2) is 9.97 Å². The number of carboxylic acids is 1. The molecule has 0 bridgehead atoms. The maximum absolute atomic E-state index is 11.5. The summed E-state index contributed by atoms with van der Waals surface area (Å²) in [6.07, 6.45) is 4.07. The normalized spacial score (nSPS) is 22.4. The molecule has 0 spiro atoms. The second kappa shape index (κ2) is 4.42. The third-order valence-corrected chi connectivity index (χ3v) is 5.53. The van der Waals surface area contributed by atoms with Crippen molar-refractivity contribution in [1.82, 2.24) is 9.97 Å². The topological polar surface area (TPSA) is 63.1 Å². The number of thiophene rings is 1. The van der Waals surface area contributed by atoms with E-state index in [9.17, 15) is 9.90 Å². The second-order valence-electron chi connectivity index (χ2n) is 4.96. The van der Waals surface area contributed by atoms with Crippen molar-refractivity contribution in [3.05, 3.63) is 21.9 Å². The molecule has 6 heteroatoms. The monoisotopic (exact) mass is 296 g/mol. The smallest absolute Gasteiger partial charge is 0.309 e. The van der Waals surface area contributed by atoms with E-state index in [2.05, 4.69) is 9.97 Å². The second-order valence-corrected chi connectivity index (χ2v) is 6.41. The lowest BCUT2D eigenvalue weighted by Crippen LogP contribution is -2.35. The highest BCUT2D eigenvalue weighted by molar-refractivity contribution is 7.19. The van der Waals surface area contributed by atoms with Crippen LogP contribution in [0.15, 0.2) is 6.33 Å². The number of hydrogen-bond acceptors (Lipinski definition) is 4. The van der Waals surface area contributed by atoms with Crippen LogP contribution in [0.5, 0.6) is 0 Å². The largest absolute Gasteiger partial charge is 0.481 e. The minimum absolute atomic E-state index is 0.474. The molecule has 1 aliphatic rings. The maximum atomic E-state index is 11.5. The highest BCUT2D eigenvalue weighted by Gasteiger charge is 2.41. The molecule has 19 heavy (non-hydrogen) atoms. The van der Waals surface area contributed by atoms with E-state index in [-0.39, 0.29) is 0 Å². The molecule has 0 saturated heterocycles. The van der Waals surface area contributed by atoms with Crippen LogP contribution >= 0.6 is 22.9 Å². The number of hydrogen-bond donors (Lipinski definition) is 1. The van der Waals surface area contributed by atoms with Crippen LogP contribution in [0.4, 0.5) is 0 Å². The lowest BCUT2D eigenvalue weighted by Gasteiger charge is -2.32. The van der Waals surface area contributed by atoms with Gasteiger partial charge >= 0.3 is 5.97 Å². The van der Waals surface area contributed by atoms with E-state index >= 15 is 0 Å². The van der Waals surface area contributed by atoms with E-state index in [4.69, 9.17) is 11.6 Å². The Morgan fingerprint density at radius 3 is 3.05 bits per heavy atom. The number of fused-ring (bicyclic) bond motifs is 3. The van der Waals surface area contributed by atoms with Crippen molar-refractivity contribution >= 4 is 39.1 Å². The van der Waals surface area contributed by atoms with Gasteiger partial charge in [0, 0.05) is 4.88 Å². The average Bonchev–Trinajstić information content (AvgIpc) is 2.76. The fraction of sp³-hybridized carbons (Fsp3) is 0.462. The van der Waals surface area contributed by atoms with Gasteiger partial charge in [0.05, 0.1) is 10.8 Å². The van der Waals surface area contributed by atoms with Gasteiger partial charge in [-0.15, -0.1) is 11.3 Å². The molecule has 2 aromatic rings. The van der Waals surface area contributed by atoms with E-state index in [0.717, 1.165) is 27.1 Å². The van der Waals surface area contributed by atoms with E-state index < -0.39 is 11.4 Å². The number of carbonyl (C=O) groups is 1. The number of aliphatic carboxylic acids is 1. The molecule has 4 nitrogen and oxygen atoms in total. The summed E-state index contributed by atoms with van der Waals surface area (Å²) < 4.78 is 0. The van der Waals surface area contributed by atoms with Crippen molar-refractivity contribution < 1.29 is 9.90 Å². The molecule has 1 unspecified atom stereocenters. The van der Waals surface area contributed by atoms with Gasteiger partial charge in [-0.3, -0.25) is 4.79 Å². The summed E-state index contributed by atoms with van der Waals surface area (Å²) in [5.74, 6) is -0.699. The van der Waals surface area contributed by atoms with Crippen LogP contribution in [0.2, 0.25) is 5.15 Å². The summed E-state index contributed by atoms with van der Waals surface area (Å²) in [6.45, 7) is 1.94. The Balaban J connectivity index is 2.15. The summed E-state index contributed by atoms with van der Waals surface area (Å²) in [5, 5.41) is 10.9. The zero-order chi connectivity index (χ0) is 13.6. The molecule has 2 heterocycles. The average molecular weight is 297 g/mol. The molecule has 0 amide bonds. The van der Waals surface area contributed by atoms with Crippen molar-refractivity contribution in [1.29, 1.82) is 0 Å². The molecule has 0 saturated carbocycles. The first-order valence-corrected chi connectivity index (χ1v) is 7.41. The predicted octanol–water partition coefficient (Wildman–Crippen LogP) is 3.31. The Kier molecular flexibility index (Phi) is 2.98. The highest BCUT2D eigenvalue weighted by atomic mass is 35.5. The molecule has 0 radical (unpaired) electrons. The zero-order valence-corrected chi connectivity index (χ0v) is 12.0. The number of aryl methyl sites for hydroxylation is 1. The minimum atomic E-state index is -0.699. The summed E-state index contributed by atoms with van der Waals surface area (Å²) in [5.41, 5.74) is 0.518. The van der Waals surface area contributed by atoms with E-state index in [1.807, 2.05) is 6.92 Å². The van der Waals surface area contributed by atoms with Gasteiger partial charge in [-0.1, -0.05) is 18.5 Å². The molecule has 100 valence electrons. The van der Waals surface area contributed by atoms with Crippen LogP contribution in [0, 0.1) is 5.41 Å². The van der Waals surface area contributed by atoms with Crippen molar-refractivity contribution in [2.75, 3.05) is 0 Å². The molecule has 2 aromatic heterocycles. The summed E-state index contributed by atoms with van der Waals surface area (Å²) in [7, 11) is 0. The SMILES string of the molecule is CCC1(C(=O)O)CCc2c(sc3ncnc(Cl)c23)C1. The molecular formula is C13H13ClN2O2S. The van der Waals surface area contributed by atoms with Gasteiger partial charge in [0.15, 0.2) is 0 Å². The number of nitrogens with zero attached hydrogens (tertiary/aromatic N) is 2. The Labute approximate surface area is 119 Å². The molecular weight excluding hydrogens is 284 g/mol. The molecule has 0 fully saturated rings. The van der Waals surface area contributed by atoms with Gasteiger partial charge in [0.25, 0.3) is 0 Å². The standard InChI is InChI=1S/C13H13ClN2O2S/c1-2-13(12(17)18)4-3-7-8(5-13)19-11-9(7)10(14)15-6-16-11/h6H,2-5H2,1H3,(H,17,18). The van der Waals surface area contributed by atoms with Crippen LogP contribution < -0.4 is 0 Å². The lowest BCUT2D eigenvalue weighted by molar-refractivity contribution is -0.149. The van der Waals surface area contributed by atoms with Crippen molar-refractivity contribution in [3.63, 3.8) is 0 Å². The number of carboxylic acid groups (broad SMARTS) is 1. The Hall–Kier alpha value is -1.20. The van der Waals surface area contributed by atoms with E-state index in [0.29, 0.717) is 24.4 Å². The lowest BCUT2D eigenvalue weighted by atomic mass is 9.72. The molecule has 1 N–H and O–H groups in total. The fourth-order valence-electron chi connectivity index (χ4n) is 2.80. The minimum Gasteiger partial charge on any atom is -0.481 e. The van der Waals surface area contributed by atoms with Gasteiger partial charge in [0.2, 0.25) is 0 Å². The van der Waals surface area contributed by atoms with Gasteiger partial charge in [-0.05, 0) is 31.2 Å². The third-order valence-electron chi connectivity index (χ3n) is 4.11. The number of aromatic nitrogens is 2. The van der Waals surface area contributed by atoms with E-state index in [1.165, 1.54) is 6.33 Å². The molecule has 3 rings (SSSR count). The van der Waals surface area contributed by atoms with E-state index in [1.54, 1.807) is 11.3 Å². The quantitative estimate of drug-likeness (QED) is 0.864. The third kappa shape index (κ3) is 1.83. The summed E-state index contributed by atoms with van der Waals surface area (Å²) in [6, 6.07) is 0. The Morgan fingerprint density at radius 2 is 2.37 bits per heavy atom. The molecule has 0 aromatic carbocycles. The predicted molar refractivity (Wildman–Crippen MR) is 74.8 cm³/mol. The first-order chi connectivity index (χ1) is 9.07. The Bertz CT molecular complexity index is 670. The summed E-state index contributed by atoms with van der Waals surface area (Å²) >= 11 is 7.69. The fourth-order valence-corrected chi connectivity index (χ4v) is 4.43. The van der Waals surface area contributed by atoms with Crippen molar-refractivity contribution in [2.45, 2.75) is 32.6 Å². The van der Waals surface area contributed by atoms with Crippen LogP contribution in [-0.2, 0) is 17.6 Å². The van der Waals surface area contributed by atoms with Crippen LogP contribution in [0.1, 0.15) is 30.2 Å². The van der Waals surface area contributed by atoms with Gasteiger partial charge in [0.1, 0.15) is 16.3 Å². The first kappa shape index (κ1) is 12.8. The maximum Gasteiger partial charge on any atom is 0.309 e. The van der Waals surface area contributed by atoms with Crippen LogP contribution in [-0.4, -0.2) is 21.0 Å². The summed E-state index contributed by atoms with van der Waals surface area (Å²) in [4.78, 5) is 21.8. The highest BCUT2D eigenvalue weighted by Crippen LogP contribution is 2.45. The Morgan fingerprint density at radius 1 is 1.58 bits per heavy atom. The molecule has 1 atom stereocenters. The molecule has 1 aliphatic carbocycles. The molecule has 0 aliphatic heterocycles. The van der Waals surface area contributed by atoms with Crippen LogP contribution in [0.25, 0.3) is 10.2 Å². The first-order valence-electron chi connectivity index (χ1n) is 6.21.